The van der Waals surface area contributed by atoms with Gasteiger partial charge in [-0.2, -0.15) is 0 Å². The molecule has 0 bridgehead atoms. The lowest BCUT2D eigenvalue weighted by molar-refractivity contribution is -0.114. The van der Waals surface area contributed by atoms with Crippen LogP contribution in [-0.4, -0.2) is 9.97 Å². The summed E-state index contributed by atoms with van der Waals surface area (Å²) in [6, 6.07) is 17.8. The Hall–Kier alpha value is -2.24. The minimum absolute atomic E-state index is 0.512. The molecule has 0 radical (unpaired) electrons. The smallest absolute Gasteiger partial charge is 0.244 e. The second-order valence-electron chi connectivity index (χ2n) is 5.20. The van der Waals surface area contributed by atoms with E-state index in [1.165, 1.54) is 0 Å². The van der Waals surface area contributed by atoms with Crippen molar-refractivity contribution in [1.29, 1.82) is 0 Å². The van der Waals surface area contributed by atoms with Crippen molar-refractivity contribution in [2.45, 2.75) is 12.9 Å². The molecular weight excluding hydrogens is 356 g/mol. The third-order valence-electron chi connectivity index (χ3n) is 3.67. The van der Waals surface area contributed by atoms with E-state index in [0.29, 0.717) is 12.3 Å². The summed E-state index contributed by atoms with van der Waals surface area (Å²) in [5.41, 5.74) is 3.62. The van der Waals surface area contributed by atoms with Crippen LogP contribution in [-0.2, 0) is 11.3 Å². The van der Waals surface area contributed by atoms with Crippen LogP contribution in [0.25, 0.3) is 11.3 Å². The third kappa shape index (κ3) is 2.98. The Morgan fingerprint density at radius 1 is 1.00 bits per heavy atom. The molecule has 1 unspecified atom stereocenters. The molecule has 0 amide bonds. The van der Waals surface area contributed by atoms with Gasteiger partial charge in [0.25, 0.3) is 0 Å². The SMILES string of the molecule is Brc1ccc(-c2cc(C3OCc4ccccc4O3)ncn2)cc1. The normalized spacial score (nSPS) is 16.5. The number of fused-ring (bicyclic) bond motifs is 1. The second-order valence-corrected chi connectivity index (χ2v) is 6.12. The lowest BCUT2D eigenvalue weighted by Crippen LogP contribution is -2.19. The van der Waals surface area contributed by atoms with Crippen LogP contribution in [0.4, 0.5) is 0 Å². The van der Waals surface area contributed by atoms with Gasteiger partial charge in [-0.25, -0.2) is 9.97 Å². The minimum atomic E-state index is -0.512. The maximum atomic E-state index is 5.91. The highest BCUT2D eigenvalue weighted by Crippen LogP contribution is 2.32. The molecule has 4 rings (SSSR count). The fraction of sp³-hybridized carbons (Fsp3) is 0.111. The molecule has 5 heteroatoms. The van der Waals surface area contributed by atoms with Gasteiger partial charge in [-0.3, -0.25) is 0 Å². The number of rotatable bonds is 2. The Morgan fingerprint density at radius 3 is 2.70 bits per heavy atom. The lowest BCUT2D eigenvalue weighted by atomic mass is 10.1. The van der Waals surface area contributed by atoms with Crippen molar-refractivity contribution in [3.63, 3.8) is 0 Å². The molecule has 114 valence electrons. The standard InChI is InChI=1S/C18H13BrN2O2/c19-14-7-5-12(6-8-14)15-9-16(21-11-20-15)18-22-10-13-3-1-2-4-17(13)23-18/h1-9,11,18H,10H2. The maximum absolute atomic E-state index is 5.91. The van der Waals surface area contributed by atoms with Crippen molar-refractivity contribution < 1.29 is 9.47 Å². The Morgan fingerprint density at radius 2 is 1.83 bits per heavy atom. The van der Waals surface area contributed by atoms with Gasteiger partial charge in [0.2, 0.25) is 6.29 Å². The van der Waals surface area contributed by atoms with Crippen molar-refractivity contribution in [3.8, 4) is 17.0 Å². The zero-order valence-corrected chi connectivity index (χ0v) is 13.7. The van der Waals surface area contributed by atoms with Crippen LogP contribution in [0.5, 0.6) is 5.75 Å². The summed E-state index contributed by atoms with van der Waals surface area (Å²) in [7, 11) is 0. The highest BCUT2D eigenvalue weighted by atomic mass is 79.9. The van der Waals surface area contributed by atoms with E-state index in [4.69, 9.17) is 9.47 Å². The zero-order chi connectivity index (χ0) is 15.6. The Labute approximate surface area is 142 Å². The minimum Gasteiger partial charge on any atom is -0.459 e. The van der Waals surface area contributed by atoms with E-state index < -0.39 is 6.29 Å². The van der Waals surface area contributed by atoms with Gasteiger partial charge in [0.1, 0.15) is 17.8 Å². The summed E-state index contributed by atoms with van der Waals surface area (Å²) in [5, 5.41) is 0. The molecule has 0 fully saturated rings. The molecule has 0 spiro atoms. The first kappa shape index (κ1) is 14.4. The summed E-state index contributed by atoms with van der Waals surface area (Å²) < 4.78 is 12.7. The van der Waals surface area contributed by atoms with Crippen molar-refractivity contribution in [2.24, 2.45) is 0 Å². The number of benzene rings is 2. The van der Waals surface area contributed by atoms with E-state index >= 15 is 0 Å². The van der Waals surface area contributed by atoms with Crippen LogP contribution in [0.2, 0.25) is 0 Å². The van der Waals surface area contributed by atoms with Gasteiger partial charge in [0.05, 0.1) is 12.3 Å². The van der Waals surface area contributed by atoms with Crippen molar-refractivity contribution >= 4 is 15.9 Å². The maximum Gasteiger partial charge on any atom is 0.244 e. The number of para-hydroxylation sites is 1. The highest BCUT2D eigenvalue weighted by molar-refractivity contribution is 9.10. The molecule has 1 atom stereocenters. The monoisotopic (exact) mass is 368 g/mol. The van der Waals surface area contributed by atoms with E-state index in [9.17, 15) is 0 Å². The van der Waals surface area contributed by atoms with E-state index in [-0.39, 0.29) is 0 Å². The first-order chi connectivity index (χ1) is 11.3. The van der Waals surface area contributed by atoms with Crippen molar-refractivity contribution in [3.05, 3.63) is 76.7 Å². The summed E-state index contributed by atoms with van der Waals surface area (Å²) in [6.45, 7) is 0.512. The predicted octanol–water partition coefficient (Wildman–Crippen LogP) is 4.51. The molecule has 2 aromatic carbocycles. The fourth-order valence-electron chi connectivity index (χ4n) is 2.48. The molecule has 1 aromatic heterocycles. The molecule has 1 aliphatic heterocycles. The predicted molar refractivity (Wildman–Crippen MR) is 89.8 cm³/mol. The Balaban J connectivity index is 1.63. The first-order valence-corrected chi connectivity index (χ1v) is 8.03. The summed E-state index contributed by atoms with van der Waals surface area (Å²) in [4.78, 5) is 8.65. The zero-order valence-electron chi connectivity index (χ0n) is 12.1. The number of hydrogen-bond donors (Lipinski definition) is 0. The third-order valence-corrected chi connectivity index (χ3v) is 4.20. The molecule has 4 nitrogen and oxygen atoms in total. The molecule has 0 N–H and O–H groups in total. The quantitative estimate of drug-likeness (QED) is 0.667. The summed E-state index contributed by atoms with van der Waals surface area (Å²) >= 11 is 3.44. The number of hydrogen-bond acceptors (Lipinski definition) is 4. The van der Waals surface area contributed by atoms with Gasteiger partial charge in [-0.05, 0) is 24.3 Å². The molecule has 2 heterocycles. The summed E-state index contributed by atoms with van der Waals surface area (Å²) in [6.07, 6.45) is 1.03. The topological polar surface area (TPSA) is 44.2 Å². The largest absolute Gasteiger partial charge is 0.459 e. The lowest BCUT2D eigenvalue weighted by Gasteiger charge is -2.25. The molecule has 0 saturated heterocycles. The average molecular weight is 369 g/mol. The van der Waals surface area contributed by atoms with Crippen LogP contribution in [0.1, 0.15) is 17.5 Å². The van der Waals surface area contributed by atoms with Gasteiger partial charge in [-0.1, -0.05) is 46.3 Å². The van der Waals surface area contributed by atoms with Crippen molar-refractivity contribution in [1.82, 2.24) is 9.97 Å². The van der Waals surface area contributed by atoms with Crippen LogP contribution in [0, 0.1) is 0 Å². The number of halogens is 1. The Bertz CT molecular complexity index is 836. The van der Waals surface area contributed by atoms with E-state index in [1.807, 2.05) is 54.6 Å². The van der Waals surface area contributed by atoms with Gasteiger partial charge in [0.15, 0.2) is 0 Å². The van der Waals surface area contributed by atoms with Crippen LogP contribution in [0.3, 0.4) is 0 Å². The molecule has 0 saturated carbocycles. The second kappa shape index (κ2) is 6.10. The van der Waals surface area contributed by atoms with Gasteiger partial charge >= 0.3 is 0 Å². The molecule has 3 aromatic rings. The molecule has 1 aliphatic rings. The number of nitrogens with zero attached hydrogens (tertiary/aromatic N) is 2. The highest BCUT2D eigenvalue weighted by Gasteiger charge is 2.23. The Kier molecular flexibility index (Phi) is 3.81. The van der Waals surface area contributed by atoms with Crippen molar-refractivity contribution in [2.75, 3.05) is 0 Å². The van der Waals surface area contributed by atoms with Gasteiger partial charge < -0.3 is 9.47 Å². The van der Waals surface area contributed by atoms with Crippen LogP contribution in [0.15, 0.2) is 65.4 Å². The van der Waals surface area contributed by atoms with Gasteiger partial charge in [0, 0.05) is 15.6 Å². The number of aromatic nitrogens is 2. The molecule has 0 aliphatic carbocycles. The number of ether oxygens (including phenoxy) is 2. The molecule has 23 heavy (non-hydrogen) atoms. The van der Waals surface area contributed by atoms with Crippen LogP contribution < -0.4 is 4.74 Å². The van der Waals surface area contributed by atoms with E-state index in [1.54, 1.807) is 6.33 Å². The van der Waals surface area contributed by atoms with E-state index in [2.05, 4.69) is 25.9 Å². The fourth-order valence-corrected chi connectivity index (χ4v) is 2.74. The first-order valence-electron chi connectivity index (χ1n) is 7.24. The average Bonchev–Trinajstić information content (AvgIpc) is 2.62. The molecular formula is C18H13BrN2O2. The summed E-state index contributed by atoms with van der Waals surface area (Å²) in [5.74, 6) is 0.840. The van der Waals surface area contributed by atoms with E-state index in [0.717, 1.165) is 27.0 Å². The van der Waals surface area contributed by atoms with Crippen LogP contribution >= 0.6 is 15.9 Å². The van der Waals surface area contributed by atoms with Gasteiger partial charge in [-0.15, -0.1) is 0 Å².